The summed E-state index contributed by atoms with van der Waals surface area (Å²) in [5.41, 5.74) is 0.703. The van der Waals surface area contributed by atoms with Crippen molar-refractivity contribution in [3.63, 3.8) is 0 Å². The lowest BCUT2D eigenvalue weighted by Gasteiger charge is -2.04. The smallest absolute Gasteiger partial charge is 0.132 e. The van der Waals surface area contributed by atoms with Gasteiger partial charge in [-0.25, -0.2) is 0 Å². The van der Waals surface area contributed by atoms with Gasteiger partial charge in [-0.1, -0.05) is 0 Å². The van der Waals surface area contributed by atoms with E-state index in [-0.39, 0.29) is 11.5 Å². The molecule has 0 spiro atoms. The summed E-state index contributed by atoms with van der Waals surface area (Å²) in [6.07, 6.45) is 1.86. The molecule has 2 nitrogen and oxygen atoms in total. The quantitative estimate of drug-likeness (QED) is 0.501. The summed E-state index contributed by atoms with van der Waals surface area (Å²) in [5.74, 6) is 0.458. The van der Waals surface area contributed by atoms with E-state index < -0.39 is 0 Å². The van der Waals surface area contributed by atoms with E-state index in [4.69, 9.17) is 5.11 Å². The average Bonchev–Trinajstić information content (AvgIpc) is 1.96. The molecule has 1 rings (SSSR count). The van der Waals surface area contributed by atoms with Gasteiger partial charge in [0.15, 0.2) is 0 Å². The van der Waals surface area contributed by atoms with Gasteiger partial charge < -0.3 is 10.2 Å². The summed E-state index contributed by atoms with van der Waals surface area (Å²) in [4.78, 5) is 0.711. The Morgan fingerprint density at radius 3 is 2.45 bits per heavy atom. The van der Waals surface area contributed by atoms with Crippen LogP contribution in [0.3, 0.4) is 0 Å². The molecule has 0 atom stereocenters. The van der Waals surface area contributed by atoms with Crippen LogP contribution in [0.2, 0.25) is 0 Å². The van der Waals surface area contributed by atoms with Gasteiger partial charge in [0.2, 0.25) is 0 Å². The predicted octanol–water partition coefficient (Wildman–Crippen LogP) is 2.13. The molecular weight excluding hydrogens is 160 g/mol. The third-order valence-corrected chi connectivity index (χ3v) is 2.22. The molecule has 0 radical (unpaired) electrons. The molecule has 0 unspecified atom stereocenters. The van der Waals surface area contributed by atoms with Crippen molar-refractivity contribution in [1.29, 1.82) is 0 Å². The highest BCUT2D eigenvalue weighted by Gasteiger charge is 2.04. The maximum absolute atomic E-state index is 9.39. The molecule has 0 aliphatic rings. The highest BCUT2D eigenvalue weighted by atomic mass is 32.2. The van der Waals surface area contributed by atoms with Crippen molar-refractivity contribution in [3.05, 3.63) is 17.7 Å². The molecule has 0 fully saturated rings. The molecule has 0 aromatic heterocycles. The molecule has 0 amide bonds. The van der Waals surface area contributed by atoms with Gasteiger partial charge in [0, 0.05) is 0 Å². The molecule has 60 valence electrons. The number of benzene rings is 1. The third-order valence-electron chi connectivity index (χ3n) is 1.47. The van der Waals surface area contributed by atoms with Crippen LogP contribution in [0.15, 0.2) is 17.0 Å². The van der Waals surface area contributed by atoms with Crippen LogP contribution < -0.4 is 0 Å². The second-order valence-electron chi connectivity index (χ2n) is 2.31. The summed E-state index contributed by atoms with van der Waals surface area (Å²) in [6.45, 7) is 1.76. The van der Waals surface area contributed by atoms with Crippen molar-refractivity contribution in [1.82, 2.24) is 0 Å². The summed E-state index contributed by atoms with van der Waals surface area (Å²) in [5, 5.41) is 18.5. The SMILES string of the molecule is CSc1cc(O)cc(C)c1O. The van der Waals surface area contributed by atoms with Crippen molar-refractivity contribution in [2.45, 2.75) is 11.8 Å². The van der Waals surface area contributed by atoms with E-state index in [1.807, 2.05) is 6.26 Å². The lowest BCUT2D eigenvalue weighted by atomic mass is 10.2. The summed E-state index contributed by atoms with van der Waals surface area (Å²) >= 11 is 1.41. The van der Waals surface area contributed by atoms with Crippen LogP contribution in [-0.2, 0) is 0 Å². The standard InChI is InChI=1S/C8H10O2S/c1-5-3-6(9)4-7(11-2)8(5)10/h3-4,9-10H,1-2H3. The van der Waals surface area contributed by atoms with Gasteiger partial charge in [-0.05, 0) is 30.9 Å². The average molecular weight is 170 g/mol. The number of aromatic hydroxyl groups is 2. The lowest BCUT2D eigenvalue weighted by molar-refractivity contribution is 0.445. The minimum atomic E-state index is 0.199. The zero-order chi connectivity index (χ0) is 8.43. The highest BCUT2D eigenvalue weighted by Crippen LogP contribution is 2.33. The van der Waals surface area contributed by atoms with E-state index >= 15 is 0 Å². The van der Waals surface area contributed by atoms with Crippen molar-refractivity contribution >= 4 is 11.8 Å². The largest absolute Gasteiger partial charge is 0.508 e. The Bertz CT molecular complexity index is 271. The first kappa shape index (κ1) is 8.27. The third kappa shape index (κ3) is 1.60. The van der Waals surface area contributed by atoms with E-state index in [1.54, 1.807) is 13.0 Å². The van der Waals surface area contributed by atoms with E-state index in [2.05, 4.69) is 0 Å². The Morgan fingerprint density at radius 1 is 1.27 bits per heavy atom. The molecule has 1 aromatic carbocycles. The monoisotopic (exact) mass is 170 g/mol. The summed E-state index contributed by atoms with van der Waals surface area (Å²) in [7, 11) is 0. The number of phenolic OH excluding ortho intramolecular Hbond substituents is 2. The second kappa shape index (κ2) is 3.05. The Morgan fingerprint density at radius 2 is 1.91 bits per heavy atom. The van der Waals surface area contributed by atoms with Gasteiger partial charge in [-0.15, -0.1) is 11.8 Å². The van der Waals surface area contributed by atoms with Crippen molar-refractivity contribution in [2.24, 2.45) is 0 Å². The summed E-state index contributed by atoms with van der Waals surface area (Å²) < 4.78 is 0. The fraction of sp³-hybridized carbons (Fsp3) is 0.250. The fourth-order valence-corrected chi connectivity index (χ4v) is 1.48. The fourth-order valence-electron chi connectivity index (χ4n) is 0.884. The van der Waals surface area contributed by atoms with Crippen LogP contribution in [0.4, 0.5) is 0 Å². The van der Waals surface area contributed by atoms with Gasteiger partial charge in [-0.2, -0.15) is 0 Å². The molecule has 3 heteroatoms. The predicted molar refractivity (Wildman–Crippen MR) is 46.3 cm³/mol. The van der Waals surface area contributed by atoms with Crippen LogP contribution in [-0.4, -0.2) is 16.5 Å². The number of phenols is 2. The van der Waals surface area contributed by atoms with E-state index in [0.29, 0.717) is 10.5 Å². The maximum atomic E-state index is 9.39. The summed E-state index contributed by atoms with van der Waals surface area (Å²) in [6, 6.07) is 3.09. The molecule has 0 bridgehead atoms. The molecular formula is C8H10O2S. The molecule has 0 saturated carbocycles. The second-order valence-corrected chi connectivity index (χ2v) is 3.16. The Balaban J connectivity index is 3.24. The minimum absolute atomic E-state index is 0.199. The van der Waals surface area contributed by atoms with E-state index in [9.17, 15) is 5.11 Å². The number of hydrogen-bond acceptors (Lipinski definition) is 3. The van der Waals surface area contributed by atoms with Gasteiger partial charge in [0.1, 0.15) is 11.5 Å². The van der Waals surface area contributed by atoms with Gasteiger partial charge in [0.05, 0.1) is 4.90 Å². The Labute approximate surface area is 69.9 Å². The normalized spacial score (nSPS) is 10.0. The van der Waals surface area contributed by atoms with Crippen molar-refractivity contribution in [3.8, 4) is 11.5 Å². The maximum Gasteiger partial charge on any atom is 0.132 e. The van der Waals surface area contributed by atoms with Crippen LogP contribution in [0.25, 0.3) is 0 Å². The lowest BCUT2D eigenvalue weighted by Crippen LogP contribution is -1.78. The van der Waals surface area contributed by atoms with E-state index in [0.717, 1.165) is 0 Å². The van der Waals surface area contributed by atoms with Crippen molar-refractivity contribution < 1.29 is 10.2 Å². The van der Waals surface area contributed by atoms with Crippen LogP contribution in [0.5, 0.6) is 11.5 Å². The van der Waals surface area contributed by atoms with Crippen LogP contribution in [0.1, 0.15) is 5.56 Å². The number of aryl methyl sites for hydroxylation is 1. The first-order valence-corrected chi connectivity index (χ1v) is 4.44. The topological polar surface area (TPSA) is 40.5 Å². The van der Waals surface area contributed by atoms with Crippen LogP contribution >= 0.6 is 11.8 Å². The zero-order valence-corrected chi connectivity index (χ0v) is 7.27. The molecule has 0 heterocycles. The minimum Gasteiger partial charge on any atom is -0.508 e. The Kier molecular flexibility index (Phi) is 2.29. The highest BCUT2D eigenvalue weighted by molar-refractivity contribution is 7.98. The first-order chi connectivity index (χ1) is 5.15. The number of hydrogen-bond donors (Lipinski definition) is 2. The zero-order valence-electron chi connectivity index (χ0n) is 6.46. The number of thioether (sulfide) groups is 1. The van der Waals surface area contributed by atoms with Crippen LogP contribution in [0, 0.1) is 6.92 Å². The van der Waals surface area contributed by atoms with Gasteiger partial charge in [0.25, 0.3) is 0 Å². The first-order valence-electron chi connectivity index (χ1n) is 3.21. The molecule has 0 aliphatic carbocycles. The van der Waals surface area contributed by atoms with Gasteiger partial charge in [-0.3, -0.25) is 0 Å². The Hall–Kier alpha value is -0.830. The molecule has 1 aromatic rings. The number of rotatable bonds is 1. The molecule has 11 heavy (non-hydrogen) atoms. The van der Waals surface area contributed by atoms with Gasteiger partial charge >= 0.3 is 0 Å². The molecule has 2 N–H and O–H groups in total. The van der Waals surface area contributed by atoms with Crippen molar-refractivity contribution in [2.75, 3.05) is 6.26 Å². The molecule has 0 aliphatic heterocycles. The van der Waals surface area contributed by atoms with E-state index in [1.165, 1.54) is 17.8 Å². The molecule has 0 saturated heterocycles.